The number of hydrogen-bond donors (Lipinski definition) is 0. The first kappa shape index (κ1) is 29.3. The Labute approximate surface area is 261 Å². The molecule has 0 radical (unpaired) electrons. The molecule has 2 aliphatic carbocycles. The zero-order chi connectivity index (χ0) is 22.4. The molecule has 0 heterocycles. The molecule has 0 amide bonds. The van der Waals surface area contributed by atoms with Crippen molar-refractivity contribution >= 4 is 31.9 Å². The molecule has 2 aliphatic rings. The molecule has 0 nitrogen and oxygen atoms in total. The van der Waals surface area contributed by atoms with E-state index >= 15 is 0 Å². The molecule has 4 aromatic carbocycles. The van der Waals surface area contributed by atoms with E-state index in [2.05, 4.69) is 147 Å². The summed E-state index contributed by atoms with van der Waals surface area (Å²) in [6, 6.07) is 35.7. The third-order valence-electron chi connectivity index (χ3n) is 7.11. The Morgan fingerprint density at radius 2 is 1.11 bits per heavy atom. The predicted octanol–water partition coefficient (Wildman–Crippen LogP) is 3.20. The van der Waals surface area contributed by atoms with Crippen LogP contribution in [0.3, 0.4) is 0 Å². The summed E-state index contributed by atoms with van der Waals surface area (Å²) in [6.07, 6.45) is 7.80. The van der Waals surface area contributed by atoms with E-state index in [1.165, 1.54) is 39.0 Å². The van der Waals surface area contributed by atoms with E-state index in [-0.39, 0.29) is 62.4 Å². The third-order valence-corrected chi connectivity index (χ3v) is 8.09. The zero-order valence-corrected chi connectivity index (χ0v) is 26.4. The van der Waals surface area contributed by atoms with Gasteiger partial charge in [0.15, 0.2) is 0 Å². The van der Waals surface area contributed by atoms with Crippen molar-refractivity contribution in [1.82, 2.24) is 0 Å². The minimum atomic E-state index is -0.326. The molecule has 0 bridgehead atoms. The van der Waals surface area contributed by atoms with Crippen LogP contribution in [-0.2, 0) is 31.6 Å². The molecule has 36 heavy (non-hydrogen) atoms. The predicted molar refractivity (Wildman–Crippen MR) is 145 cm³/mol. The van der Waals surface area contributed by atoms with Crippen molar-refractivity contribution in [3.8, 4) is 11.1 Å². The minimum absolute atomic E-state index is 0. The summed E-state index contributed by atoms with van der Waals surface area (Å²) in [5, 5.41) is 0. The Morgan fingerprint density at radius 1 is 0.639 bits per heavy atom. The first-order valence-electron chi connectivity index (χ1n) is 11.3. The van der Waals surface area contributed by atoms with Gasteiger partial charge in [-0.25, -0.2) is 0 Å². The Hall–Kier alpha value is -1.22. The molecule has 0 saturated carbocycles. The fourth-order valence-electron chi connectivity index (χ4n) is 5.87. The fourth-order valence-corrected chi connectivity index (χ4v) is 6.62. The molecule has 0 fully saturated rings. The van der Waals surface area contributed by atoms with E-state index in [4.69, 9.17) is 0 Å². The van der Waals surface area contributed by atoms with Gasteiger partial charge in [-0.05, 0) is 64.1 Å². The summed E-state index contributed by atoms with van der Waals surface area (Å²) in [6.45, 7) is 0. The van der Waals surface area contributed by atoms with Crippen LogP contribution in [0.15, 0.2) is 130 Å². The third kappa shape index (κ3) is 4.72. The van der Waals surface area contributed by atoms with Crippen LogP contribution in [0.4, 0.5) is 0 Å². The largest absolute Gasteiger partial charge is 2.00 e. The van der Waals surface area contributed by atoms with Gasteiger partial charge in [-0.15, -0.1) is 0 Å². The molecule has 178 valence electrons. The molecule has 0 unspecified atom stereocenters. The van der Waals surface area contributed by atoms with Gasteiger partial charge < -0.3 is 24.8 Å². The number of fused-ring (bicyclic) bond motifs is 3. The number of halogens is 4. The summed E-state index contributed by atoms with van der Waals surface area (Å²) >= 11 is 7.56. The number of allylic oxidation sites excluding steroid dienone is 4. The summed E-state index contributed by atoms with van der Waals surface area (Å²) in [5.74, 6) is 0.147. The first-order valence-corrected chi connectivity index (χ1v) is 12.8. The monoisotopic (exact) mass is 712 g/mol. The van der Waals surface area contributed by atoms with Gasteiger partial charge in [-0.1, -0.05) is 128 Å². The molecular weight excluding hydrogens is 694 g/mol. The van der Waals surface area contributed by atoms with E-state index in [0.717, 1.165) is 15.4 Å². The van der Waals surface area contributed by atoms with Gasteiger partial charge in [0.2, 0.25) is 0 Å². The van der Waals surface area contributed by atoms with Crippen molar-refractivity contribution in [2.24, 2.45) is 0 Å². The van der Waals surface area contributed by atoms with E-state index < -0.39 is 0 Å². The van der Waals surface area contributed by atoms with Crippen LogP contribution in [0.2, 0.25) is 0 Å². The van der Waals surface area contributed by atoms with Gasteiger partial charge in [-0.3, -0.25) is 0 Å². The molecule has 4 aromatic rings. The van der Waals surface area contributed by atoms with Crippen LogP contribution in [0.25, 0.3) is 11.1 Å². The second-order valence-electron chi connectivity index (χ2n) is 8.76. The average molecular weight is 716 g/mol. The fraction of sp³-hybridized carbons (Fsp3) is 0.0968. The van der Waals surface area contributed by atoms with Gasteiger partial charge >= 0.3 is 26.2 Å². The minimum Gasteiger partial charge on any atom is -1.00 e. The normalized spacial score (nSPS) is 13.6. The zero-order valence-electron chi connectivity index (χ0n) is 19.3. The first-order chi connectivity index (χ1) is 16.2. The van der Waals surface area contributed by atoms with Crippen molar-refractivity contribution in [2.75, 3.05) is 0 Å². The average Bonchev–Trinajstić information content (AvgIpc) is 3.49. The van der Waals surface area contributed by atoms with Crippen molar-refractivity contribution in [1.29, 1.82) is 0 Å². The number of benzene rings is 4. The number of rotatable bonds is 4. The Bertz CT molecular complexity index is 1320. The van der Waals surface area contributed by atoms with Gasteiger partial charge in [0, 0.05) is 14.9 Å². The summed E-state index contributed by atoms with van der Waals surface area (Å²) < 4.78 is 2.23. The molecule has 0 aromatic heterocycles. The smallest absolute Gasteiger partial charge is 1.00 e. The SMILES string of the molecule is Brc1ccc2c(c1)C(C(C1=CC=CC1)(c1ccccc1)c1ccccc1)c1cc(Br)ccc1-2.[Cl-].[Cl-].[Zr+2]. The maximum atomic E-state index is 3.78. The summed E-state index contributed by atoms with van der Waals surface area (Å²) in [5.41, 5.74) is 9.17. The van der Waals surface area contributed by atoms with Crippen LogP contribution < -0.4 is 24.8 Å². The maximum absolute atomic E-state index is 3.78. The maximum Gasteiger partial charge on any atom is 2.00 e. The van der Waals surface area contributed by atoms with Crippen LogP contribution in [0.5, 0.6) is 0 Å². The quantitative estimate of drug-likeness (QED) is 0.305. The van der Waals surface area contributed by atoms with Gasteiger partial charge in [0.1, 0.15) is 0 Å². The standard InChI is InChI=1S/C31H22Br2.2ClH.Zr/c32-24-15-17-26-27-18-16-25(33)20-29(27)30(28(26)19-24)31(23-13-7-8-14-23,21-9-3-1-4-10-21)22-11-5-2-6-12-22;;;/h1-13,15-20,30H,14H2;2*1H;/q;;;+2/p-2. The summed E-state index contributed by atoms with van der Waals surface area (Å²) in [7, 11) is 0. The van der Waals surface area contributed by atoms with Crippen molar-refractivity contribution in [2.45, 2.75) is 17.8 Å². The van der Waals surface area contributed by atoms with E-state index in [0.29, 0.717) is 0 Å². The summed E-state index contributed by atoms with van der Waals surface area (Å²) in [4.78, 5) is 0. The second-order valence-corrected chi connectivity index (χ2v) is 10.6. The molecule has 0 N–H and O–H groups in total. The topological polar surface area (TPSA) is 0 Å². The van der Waals surface area contributed by atoms with Gasteiger partial charge in [-0.2, -0.15) is 0 Å². The molecule has 5 heteroatoms. The van der Waals surface area contributed by atoms with Gasteiger partial charge in [0.05, 0.1) is 5.41 Å². The van der Waals surface area contributed by atoms with Crippen LogP contribution in [0, 0.1) is 0 Å². The molecule has 0 atom stereocenters. The van der Waals surface area contributed by atoms with Gasteiger partial charge in [0.25, 0.3) is 0 Å². The second kappa shape index (κ2) is 12.1. The Balaban J connectivity index is 0.00000120. The number of hydrogen-bond acceptors (Lipinski definition) is 0. The van der Waals surface area contributed by atoms with Crippen molar-refractivity contribution in [3.63, 3.8) is 0 Å². The van der Waals surface area contributed by atoms with E-state index in [1.54, 1.807) is 0 Å². The van der Waals surface area contributed by atoms with E-state index in [1.807, 2.05) is 0 Å². The van der Waals surface area contributed by atoms with Crippen LogP contribution >= 0.6 is 31.9 Å². The Kier molecular flexibility index (Phi) is 9.86. The Morgan fingerprint density at radius 3 is 1.53 bits per heavy atom. The molecule has 6 rings (SSSR count). The molecule has 0 spiro atoms. The van der Waals surface area contributed by atoms with Crippen molar-refractivity contribution in [3.05, 3.63) is 152 Å². The van der Waals surface area contributed by atoms with E-state index in [9.17, 15) is 0 Å². The van der Waals surface area contributed by atoms with Crippen LogP contribution in [0.1, 0.15) is 34.6 Å². The molecular formula is C31H22Br2Cl2Zr. The molecule has 0 aliphatic heterocycles. The molecule has 0 saturated heterocycles. The van der Waals surface area contributed by atoms with Crippen molar-refractivity contribution < 1.29 is 51.0 Å². The van der Waals surface area contributed by atoms with Crippen LogP contribution in [-0.4, -0.2) is 0 Å².